The van der Waals surface area contributed by atoms with Gasteiger partial charge in [-0.2, -0.15) is 13.2 Å². The molecule has 0 saturated heterocycles. The number of nitrogens with zero attached hydrogens (tertiary/aromatic N) is 1. The van der Waals surface area contributed by atoms with Gasteiger partial charge in [0.2, 0.25) is 5.84 Å². The maximum absolute atomic E-state index is 12.3. The Morgan fingerprint density at radius 2 is 1.88 bits per heavy atom. The van der Waals surface area contributed by atoms with E-state index in [9.17, 15) is 13.2 Å². The van der Waals surface area contributed by atoms with Crippen LogP contribution in [0.1, 0.15) is 0 Å². The Kier molecular flexibility index (Phi) is 3.73. The van der Waals surface area contributed by atoms with E-state index >= 15 is 0 Å². The molecule has 16 heavy (non-hydrogen) atoms. The Morgan fingerprint density at radius 3 is 2.25 bits per heavy atom. The van der Waals surface area contributed by atoms with Crippen molar-refractivity contribution in [3.8, 4) is 5.75 Å². The minimum absolute atomic E-state index is 0.131. The molecule has 1 aromatic rings. The fraction of sp³-hybridized carbons (Fsp3) is 0.222. The molecule has 3 N–H and O–H groups in total. The second-order valence-electron chi connectivity index (χ2n) is 2.80. The van der Waals surface area contributed by atoms with E-state index in [1.54, 1.807) is 0 Å². The number of hydrogen-bond acceptors (Lipinski definition) is 3. The van der Waals surface area contributed by atoms with Crippen LogP contribution in [0, 0.1) is 0 Å². The predicted molar refractivity (Wildman–Crippen MR) is 53.5 cm³/mol. The zero-order valence-corrected chi connectivity index (χ0v) is 8.38. The van der Waals surface area contributed by atoms with Crippen molar-refractivity contribution in [2.24, 2.45) is 10.8 Å². The maximum atomic E-state index is 12.3. The molecule has 0 heterocycles. The molecular formula is C9H10F3N3O. The van der Waals surface area contributed by atoms with E-state index in [1.165, 1.54) is 36.8 Å². The smallest absolute Gasteiger partial charge is 0.450 e. The molecule has 0 unspecified atom stereocenters. The number of methoxy groups -OCH3 is 1. The number of benzene rings is 1. The van der Waals surface area contributed by atoms with Crippen molar-refractivity contribution >= 4 is 11.5 Å². The Morgan fingerprint density at radius 1 is 1.31 bits per heavy atom. The van der Waals surface area contributed by atoms with Gasteiger partial charge in [-0.15, -0.1) is 0 Å². The summed E-state index contributed by atoms with van der Waals surface area (Å²) < 4.78 is 41.6. The lowest BCUT2D eigenvalue weighted by atomic mass is 10.3. The molecule has 0 spiro atoms. The van der Waals surface area contributed by atoms with E-state index in [2.05, 4.69) is 4.99 Å². The molecule has 0 aliphatic rings. The first-order valence-corrected chi connectivity index (χ1v) is 4.24. The van der Waals surface area contributed by atoms with Gasteiger partial charge in [0.25, 0.3) is 0 Å². The molecule has 0 aromatic heterocycles. The van der Waals surface area contributed by atoms with Gasteiger partial charge in [-0.25, -0.2) is 10.8 Å². The third-order valence-electron chi connectivity index (χ3n) is 1.72. The third kappa shape index (κ3) is 3.13. The first-order chi connectivity index (χ1) is 7.47. The lowest BCUT2D eigenvalue weighted by Crippen LogP contribution is -2.41. The van der Waals surface area contributed by atoms with Gasteiger partial charge in [-0.05, 0) is 24.3 Å². The summed E-state index contributed by atoms with van der Waals surface area (Å²) in [5, 5.41) is 0. The number of ether oxygens (including phenoxy) is 1. The molecule has 0 atom stereocenters. The SMILES string of the molecule is COc1ccc(N=C(NN)C(F)(F)F)cc1. The number of nitrogens with two attached hydrogens (primary N) is 1. The van der Waals surface area contributed by atoms with E-state index in [4.69, 9.17) is 10.6 Å². The van der Waals surface area contributed by atoms with Crippen molar-refractivity contribution in [1.29, 1.82) is 0 Å². The largest absolute Gasteiger partial charge is 0.497 e. The molecule has 0 radical (unpaired) electrons. The molecule has 0 saturated carbocycles. The summed E-state index contributed by atoms with van der Waals surface area (Å²) in [5.41, 5.74) is 1.64. The van der Waals surface area contributed by atoms with Crippen LogP contribution in [0.3, 0.4) is 0 Å². The minimum atomic E-state index is -4.60. The highest BCUT2D eigenvalue weighted by Crippen LogP contribution is 2.22. The summed E-state index contributed by atoms with van der Waals surface area (Å²) in [6.07, 6.45) is -4.60. The standard InChI is InChI=1S/C9H10F3N3O/c1-16-7-4-2-6(3-5-7)14-8(15-13)9(10,11)12/h2-5H,13H2,1H3,(H,14,15). The highest BCUT2D eigenvalue weighted by molar-refractivity contribution is 5.89. The van der Waals surface area contributed by atoms with Crippen molar-refractivity contribution < 1.29 is 17.9 Å². The monoisotopic (exact) mass is 233 g/mol. The molecule has 0 bridgehead atoms. The highest BCUT2D eigenvalue weighted by atomic mass is 19.4. The zero-order valence-electron chi connectivity index (χ0n) is 8.38. The van der Waals surface area contributed by atoms with Gasteiger partial charge >= 0.3 is 6.18 Å². The molecule has 0 fully saturated rings. The average molecular weight is 233 g/mol. The van der Waals surface area contributed by atoms with Crippen molar-refractivity contribution in [3.05, 3.63) is 24.3 Å². The number of rotatable bonds is 2. The fourth-order valence-electron chi connectivity index (χ4n) is 0.963. The van der Waals surface area contributed by atoms with Gasteiger partial charge in [0, 0.05) is 0 Å². The number of aliphatic imine (C=N–C) groups is 1. The van der Waals surface area contributed by atoms with E-state index < -0.39 is 12.0 Å². The molecule has 88 valence electrons. The number of hydrogen-bond donors (Lipinski definition) is 2. The van der Waals surface area contributed by atoms with Crippen LogP contribution in [-0.2, 0) is 0 Å². The quantitative estimate of drug-likeness (QED) is 0.354. The first-order valence-electron chi connectivity index (χ1n) is 4.24. The number of halogens is 3. The molecule has 7 heteroatoms. The minimum Gasteiger partial charge on any atom is -0.497 e. The fourth-order valence-corrected chi connectivity index (χ4v) is 0.963. The highest BCUT2D eigenvalue weighted by Gasteiger charge is 2.35. The van der Waals surface area contributed by atoms with Gasteiger partial charge < -0.3 is 10.2 Å². The van der Waals surface area contributed by atoms with Gasteiger partial charge in [-0.1, -0.05) is 0 Å². The lowest BCUT2D eigenvalue weighted by molar-refractivity contribution is -0.0617. The first kappa shape index (κ1) is 12.3. The van der Waals surface area contributed by atoms with E-state index in [0.717, 1.165) is 0 Å². The predicted octanol–water partition coefficient (Wildman–Crippen LogP) is 1.75. The van der Waals surface area contributed by atoms with Gasteiger partial charge in [-0.3, -0.25) is 0 Å². The molecule has 0 amide bonds. The number of amidine groups is 1. The Labute approximate surface area is 89.9 Å². The topological polar surface area (TPSA) is 59.6 Å². The summed E-state index contributed by atoms with van der Waals surface area (Å²) in [5.74, 6) is 4.02. The maximum Gasteiger partial charge on any atom is 0.450 e. The van der Waals surface area contributed by atoms with Crippen LogP contribution in [0.4, 0.5) is 18.9 Å². The number of nitrogens with one attached hydrogen (secondary N) is 1. The summed E-state index contributed by atoms with van der Waals surface area (Å²) in [4.78, 5) is 3.32. The number of alkyl halides is 3. The van der Waals surface area contributed by atoms with Crippen molar-refractivity contribution in [3.63, 3.8) is 0 Å². The van der Waals surface area contributed by atoms with Crippen LogP contribution in [-0.4, -0.2) is 19.1 Å². The molecular weight excluding hydrogens is 223 g/mol. The van der Waals surface area contributed by atoms with Crippen LogP contribution < -0.4 is 16.0 Å². The second-order valence-corrected chi connectivity index (χ2v) is 2.80. The van der Waals surface area contributed by atoms with E-state index in [0.29, 0.717) is 5.75 Å². The summed E-state index contributed by atoms with van der Waals surface area (Å²) in [7, 11) is 1.46. The van der Waals surface area contributed by atoms with Crippen LogP contribution >= 0.6 is 0 Å². The van der Waals surface area contributed by atoms with Crippen LogP contribution in [0.15, 0.2) is 29.3 Å². The second kappa shape index (κ2) is 4.84. The molecule has 1 aromatic carbocycles. The lowest BCUT2D eigenvalue weighted by Gasteiger charge is -2.09. The molecule has 0 aliphatic carbocycles. The average Bonchev–Trinajstić information content (AvgIpc) is 2.25. The van der Waals surface area contributed by atoms with Crippen LogP contribution in [0.5, 0.6) is 5.75 Å². The van der Waals surface area contributed by atoms with E-state index in [-0.39, 0.29) is 5.69 Å². The van der Waals surface area contributed by atoms with Crippen molar-refractivity contribution in [2.45, 2.75) is 6.18 Å². The summed E-state index contributed by atoms with van der Waals surface area (Å²) in [6, 6.07) is 5.79. The number of hydrazine groups is 1. The van der Waals surface area contributed by atoms with Gasteiger partial charge in [0.1, 0.15) is 5.75 Å². The molecule has 0 aliphatic heterocycles. The van der Waals surface area contributed by atoms with Crippen molar-refractivity contribution in [1.82, 2.24) is 5.43 Å². The Bertz CT molecular complexity index is 373. The van der Waals surface area contributed by atoms with Gasteiger partial charge in [0.05, 0.1) is 12.8 Å². The Hall–Kier alpha value is -1.76. The summed E-state index contributed by atoms with van der Waals surface area (Å²) in [6.45, 7) is 0. The van der Waals surface area contributed by atoms with Crippen LogP contribution in [0.2, 0.25) is 0 Å². The molecule has 4 nitrogen and oxygen atoms in total. The van der Waals surface area contributed by atoms with Crippen LogP contribution in [0.25, 0.3) is 0 Å². The van der Waals surface area contributed by atoms with Gasteiger partial charge in [0.15, 0.2) is 0 Å². The zero-order chi connectivity index (χ0) is 12.2. The third-order valence-corrected chi connectivity index (χ3v) is 1.72. The summed E-state index contributed by atoms with van der Waals surface area (Å²) >= 11 is 0. The molecule has 1 rings (SSSR count). The Balaban J connectivity index is 2.96. The normalized spacial score (nSPS) is 12.4. The van der Waals surface area contributed by atoms with Crippen molar-refractivity contribution in [2.75, 3.05) is 7.11 Å². The van der Waals surface area contributed by atoms with E-state index in [1.807, 2.05) is 0 Å².